The van der Waals surface area contributed by atoms with Crippen molar-refractivity contribution >= 4 is 28.6 Å². The lowest BCUT2D eigenvalue weighted by molar-refractivity contribution is -0.148. The Balaban J connectivity index is 2.21. The van der Waals surface area contributed by atoms with Crippen LogP contribution in [0.4, 0.5) is 0 Å². The van der Waals surface area contributed by atoms with Crippen molar-refractivity contribution in [3.05, 3.63) is 0 Å². The Morgan fingerprint density at radius 3 is 1.71 bits per heavy atom. The lowest BCUT2D eigenvalue weighted by Gasteiger charge is -2.33. The van der Waals surface area contributed by atoms with E-state index in [1.54, 1.807) is 0 Å². The van der Waals surface area contributed by atoms with Crippen LogP contribution in [-0.2, 0) is 4.79 Å². The first kappa shape index (κ1) is 9.43. The molecule has 0 spiro atoms. The number of rotatable bonds is 1. The van der Waals surface area contributed by atoms with Crippen molar-refractivity contribution in [2.75, 3.05) is 0 Å². The molecule has 4 rings (SSSR count). The number of hydrogen-bond donors (Lipinski definition) is 1. The van der Waals surface area contributed by atoms with Gasteiger partial charge >= 0.3 is 5.97 Å². The van der Waals surface area contributed by atoms with E-state index in [9.17, 15) is 9.90 Å². The van der Waals surface area contributed by atoms with Crippen molar-refractivity contribution in [1.29, 1.82) is 0 Å². The number of carboxylic acid groups (broad SMARTS) is 1. The van der Waals surface area contributed by atoms with E-state index in [1.807, 2.05) is 0 Å². The molecule has 3 heteroatoms. The van der Waals surface area contributed by atoms with E-state index in [4.69, 9.17) is 0 Å². The molecule has 4 bridgehead atoms. The molecule has 0 aliphatic heterocycles. The number of carbonyl (C=O) groups is 1. The van der Waals surface area contributed by atoms with Crippen molar-refractivity contribution in [2.24, 2.45) is 16.2 Å². The number of halogens is 1. The van der Waals surface area contributed by atoms with Gasteiger partial charge in [-0.25, -0.2) is 0 Å². The topological polar surface area (TPSA) is 37.3 Å². The van der Waals surface area contributed by atoms with Gasteiger partial charge in [-0.1, -0.05) is 36.4 Å². The van der Waals surface area contributed by atoms with Crippen LogP contribution in [-0.4, -0.2) is 14.5 Å². The summed E-state index contributed by atoms with van der Waals surface area (Å²) in [6.45, 7) is 4.59. The molecule has 0 aromatic heterocycles. The summed E-state index contributed by atoms with van der Waals surface area (Å²) in [6, 6.07) is 0. The van der Waals surface area contributed by atoms with Crippen LogP contribution in [0.25, 0.3) is 0 Å². The highest BCUT2D eigenvalue weighted by molar-refractivity contribution is 14.1. The molecule has 4 aliphatic carbocycles. The molecule has 4 aliphatic rings. The van der Waals surface area contributed by atoms with Gasteiger partial charge in [0.1, 0.15) is 0 Å². The van der Waals surface area contributed by atoms with Crippen LogP contribution in [0.3, 0.4) is 0 Å². The van der Waals surface area contributed by atoms with E-state index >= 15 is 0 Å². The fourth-order valence-electron chi connectivity index (χ4n) is 4.67. The molecule has 14 heavy (non-hydrogen) atoms. The van der Waals surface area contributed by atoms with Crippen LogP contribution >= 0.6 is 22.6 Å². The average Bonchev–Trinajstić information content (AvgIpc) is 2.44. The molecule has 0 heterocycles. The third kappa shape index (κ3) is 0.659. The van der Waals surface area contributed by atoms with Crippen molar-refractivity contribution < 1.29 is 9.90 Å². The summed E-state index contributed by atoms with van der Waals surface area (Å²) in [6.07, 6.45) is 4.05. The van der Waals surface area contributed by atoms with Crippen LogP contribution in [0.1, 0.15) is 39.5 Å². The number of alkyl halides is 1. The first-order valence-electron chi connectivity index (χ1n) is 5.20. The second-order valence-corrected chi connectivity index (χ2v) is 8.25. The lowest BCUT2D eigenvalue weighted by Crippen LogP contribution is -2.40. The number of carboxylic acids is 1. The second-order valence-electron chi connectivity index (χ2n) is 6.18. The van der Waals surface area contributed by atoms with Gasteiger partial charge in [-0.15, -0.1) is 0 Å². The fourth-order valence-corrected chi connectivity index (χ4v) is 6.97. The molecule has 0 aromatic rings. The Bertz CT molecular complexity index is 331. The van der Waals surface area contributed by atoms with Crippen molar-refractivity contribution in [3.63, 3.8) is 0 Å². The minimum Gasteiger partial charge on any atom is -0.481 e. The van der Waals surface area contributed by atoms with Gasteiger partial charge in [0.25, 0.3) is 0 Å². The minimum atomic E-state index is -0.545. The molecule has 0 saturated heterocycles. The summed E-state index contributed by atoms with van der Waals surface area (Å²) in [5, 5.41) is 9.48. The van der Waals surface area contributed by atoms with Crippen LogP contribution in [0.15, 0.2) is 0 Å². The maximum absolute atomic E-state index is 11.5. The Kier molecular flexibility index (Phi) is 1.36. The zero-order valence-corrected chi connectivity index (χ0v) is 10.7. The van der Waals surface area contributed by atoms with Gasteiger partial charge in [-0.3, -0.25) is 4.79 Å². The normalized spacial score (nSPS) is 63.9. The SMILES string of the molecule is C[C@@]12CC3(I)C[C@]1(C)CC3(C(=O)O)C2. The molecular formula is C11H15IO2. The maximum atomic E-state index is 11.5. The van der Waals surface area contributed by atoms with E-state index in [0.717, 1.165) is 25.7 Å². The predicted octanol–water partition coefficient (Wildman–Crippen LogP) is 2.85. The van der Waals surface area contributed by atoms with E-state index in [0.29, 0.717) is 10.8 Å². The first-order valence-corrected chi connectivity index (χ1v) is 6.27. The van der Waals surface area contributed by atoms with Gasteiger partial charge in [-0.05, 0) is 36.5 Å². The predicted molar refractivity (Wildman–Crippen MR) is 61.5 cm³/mol. The monoisotopic (exact) mass is 306 g/mol. The van der Waals surface area contributed by atoms with Gasteiger partial charge in [0.05, 0.1) is 5.41 Å². The molecule has 1 N–H and O–H groups in total. The fraction of sp³-hybridized carbons (Fsp3) is 0.909. The summed E-state index contributed by atoms with van der Waals surface area (Å²) in [5.74, 6) is -0.545. The molecule has 2 nitrogen and oxygen atoms in total. The Labute approximate surface area is 97.6 Å². The minimum absolute atomic E-state index is 0.0556. The van der Waals surface area contributed by atoms with E-state index < -0.39 is 11.4 Å². The highest BCUT2D eigenvalue weighted by atomic mass is 127. The molecule has 78 valence electrons. The molecule has 0 radical (unpaired) electrons. The summed E-state index contributed by atoms with van der Waals surface area (Å²) in [5.41, 5.74) is 0.205. The van der Waals surface area contributed by atoms with Gasteiger partial charge in [0, 0.05) is 3.42 Å². The number of aliphatic carboxylic acids is 1. The summed E-state index contributed by atoms with van der Waals surface area (Å²) < 4.78 is 0.0556. The second kappa shape index (κ2) is 2.02. The standard InChI is InChI=1S/C11H15IO2/c1-8-3-10(7(13)14)4-9(8,2)6-11(10,12)5-8/h3-6H2,1-2H3,(H,13,14)/t8-,9+,10?,11?. The quantitative estimate of drug-likeness (QED) is 0.597. The van der Waals surface area contributed by atoms with Crippen LogP contribution < -0.4 is 0 Å². The molecule has 2 unspecified atom stereocenters. The maximum Gasteiger partial charge on any atom is 0.311 e. The number of hydrogen-bond acceptors (Lipinski definition) is 1. The van der Waals surface area contributed by atoms with E-state index in [1.165, 1.54) is 0 Å². The zero-order valence-electron chi connectivity index (χ0n) is 8.56. The molecule has 0 aromatic carbocycles. The Hall–Kier alpha value is 0.200. The van der Waals surface area contributed by atoms with Crippen LogP contribution in [0.5, 0.6) is 0 Å². The first-order chi connectivity index (χ1) is 6.27. The van der Waals surface area contributed by atoms with Crippen LogP contribution in [0.2, 0.25) is 0 Å². The van der Waals surface area contributed by atoms with E-state index in [2.05, 4.69) is 36.4 Å². The Morgan fingerprint density at radius 2 is 1.57 bits per heavy atom. The molecule has 0 amide bonds. The zero-order chi connectivity index (χ0) is 10.4. The largest absolute Gasteiger partial charge is 0.481 e. The highest BCUT2D eigenvalue weighted by Crippen LogP contribution is 2.85. The van der Waals surface area contributed by atoms with Gasteiger partial charge < -0.3 is 5.11 Å². The van der Waals surface area contributed by atoms with Crippen molar-refractivity contribution in [1.82, 2.24) is 0 Å². The third-order valence-electron chi connectivity index (χ3n) is 5.45. The molecule has 4 atom stereocenters. The van der Waals surface area contributed by atoms with Gasteiger partial charge in [0.2, 0.25) is 0 Å². The summed E-state index contributed by atoms with van der Waals surface area (Å²) >= 11 is 2.45. The van der Waals surface area contributed by atoms with E-state index in [-0.39, 0.29) is 3.42 Å². The average molecular weight is 306 g/mol. The molecular weight excluding hydrogens is 291 g/mol. The van der Waals surface area contributed by atoms with Crippen molar-refractivity contribution in [2.45, 2.75) is 43.0 Å². The summed E-state index contributed by atoms with van der Waals surface area (Å²) in [7, 11) is 0. The third-order valence-corrected chi connectivity index (χ3v) is 7.24. The smallest absolute Gasteiger partial charge is 0.311 e. The lowest BCUT2D eigenvalue weighted by atomic mass is 9.71. The van der Waals surface area contributed by atoms with Gasteiger partial charge in [0.15, 0.2) is 0 Å². The summed E-state index contributed by atoms with van der Waals surface area (Å²) in [4.78, 5) is 11.5. The molecule has 4 saturated carbocycles. The molecule has 4 fully saturated rings. The van der Waals surface area contributed by atoms with Crippen molar-refractivity contribution in [3.8, 4) is 0 Å². The highest BCUT2D eigenvalue weighted by Gasteiger charge is 2.82. The Morgan fingerprint density at radius 1 is 1.14 bits per heavy atom. The van der Waals surface area contributed by atoms with Crippen LogP contribution in [0, 0.1) is 16.2 Å². The van der Waals surface area contributed by atoms with Gasteiger partial charge in [-0.2, -0.15) is 0 Å².